The minimum absolute atomic E-state index is 0.534. The van der Waals surface area contributed by atoms with Crippen molar-refractivity contribution >= 4 is 0 Å². The van der Waals surface area contributed by atoms with Crippen LogP contribution in [0, 0.1) is 28.6 Å². The third kappa shape index (κ3) is 1.79. The van der Waals surface area contributed by atoms with E-state index in [9.17, 15) is 0 Å². The van der Waals surface area contributed by atoms with Crippen LogP contribution in [0.25, 0.3) is 0 Å². The molecule has 2 aliphatic rings. The van der Waals surface area contributed by atoms with Gasteiger partial charge in [0.15, 0.2) is 0 Å². The van der Waals surface area contributed by atoms with E-state index in [4.69, 9.17) is 0 Å². The fourth-order valence-corrected chi connectivity index (χ4v) is 4.74. The van der Waals surface area contributed by atoms with Gasteiger partial charge < -0.3 is 0 Å². The van der Waals surface area contributed by atoms with Gasteiger partial charge in [0.25, 0.3) is 0 Å². The zero-order valence-electron chi connectivity index (χ0n) is 12.5. The Hall–Kier alpha value is -0.260. The summed E-state index contributed by atoms with van der Waals surface area (Å²) in [7, 11) is 0. The smallest absolute Gasteiger partial charge is 0.0203 e. The molecule has 0 spiro atoms. The molecule has 0 N–H and O–H groups in total. The van der Waals surface area contributed by atoms with E-state index in [0.717, 1.165) is 17.8 Å². The lowest BCUT2D eigenvalue weighted by Gasteiger charge is -2.61. The number of rotatable bonds is 1. The maximum atomic E-state index is 4.21. The predicted octanol–water partition coefficient (Wildman–Crippen LogP) is 5.44. The summed E-state index contributed by atoms with van der Waals surface area (Å²) >= 11 is 0. The standard InChI is InChI=1S/C17H30/c1-12(2)15-9-10-16(5)13(3)7-8-14(4)17(16,6)11-15/h13-15H,1,7-11H2,2-6H3/t13-,14-,15+,16-,17-/m0/s1. The van der Waals surface area contributed by atoms with Gasteiger partial charge in [0, 0.05) is 0 Å². The van der Waals surface area contributed by atoms with Gasteiger partial charge in [-0.05, 0) is 67.6 Å². The number of hydrogen-bond acceptors (Lipinski definition) is 0. The first kappa shape index (κ1) is 13.2. The molecule has 0 aliphatic heterocycles. The number of hydrogen-bond donors (Lipinski definition) is 0. The lowest BCUT2D eigenvalue weighted by atomic mass is 9.43. The van der Waals surface area contributed by atoms with E-state index in [1.54, 1.807) is 0 Å². The van der Waals surface area contributed by atoms with Crippen LogP contribution in [0.1, 0.15) is 66.7 Å². The first-order valence-electron chi connectivity index (χ1n) is 7.46. The highest BCUT2D eigenvalue weighted by atomic mass is 14.6. The van der Waals surface area contributed by atoms with Crippen molar-refractivity contribution in [2.75, 3.05) is 0 Å². The Bertz CT molecular complexity index is 316. The summed E-state index contributed by atoms with van der Waals surface area (Å²) in [5, 5.41) is 0. The second-order valence-electron chi connectivity index (χ2n) is 7.50. The Kier molecular flexibility index (Phi) is 3.21. The van der Waals surface area contributed by atoms with Crippen molar-refractivity contribution in [1.82, 2.24) is 0 Å². The van der Waals surface area contributed by atoms with Crippen LogP contribution in [0.2, 0.25) is 0 Å². The number of fused-ring (bicyclic) bond motifs is 1. The SMILES string of the molecule is C=C(C)[C@@H]1CC[C@@]2(C)[C@@H](C)CC[C@H](C)[C@]2(C)C1. The molecule has 98 valence electrons. The summed E-state index contributed by atoms with van der Waals surface area (Å²) < 4.78 is 0. The second kappa shape index (κ2) is 4.14. The van der Waals surface area contributed by atoms with Gasteiger partial charge in [-0.1, -0.05) is 39.8 Å². The molecule has 0 bridgehead atoms. The van der Waals surface area contributed by atoms with Gasteiger partial charge in [-0.25, -0.2) is 0 Å². The summed E-state index contributed by atoms with van der Waals surface area (Å²) in [6.07, 6.45) is 7.02. The van der Waals surface area contributed by atoms with Gasteiger partial charge in [0.1, 0.15) is 0 Å². The van der Waals surface area contributed by atoms with Gasteiger partial charge in [-0.15, -0.1) is 0 Å². The molecule has 5 atom stereocenters. The summed E-state index contributed by atoms with van der Waals surface area (Å²) in [6.45, 7) is 16.6. The van der Waals surface area contributed by atoms with Crippen molar-refractivity contribution in [1.29, 1.82) is 0 Å². The summed E-state index contributed by atoms with van der Waals surface area (Å²) in [6, 6.07) is 0. The van der Waals surface area contributed by atoms with Crippen molar-refractivity contribution in [2.24, 2.45) is 28.6 Å². The first-order chi connectivity index (χ1) is 7.81. The van der Waals surface area contributed by atoms with Crippen molar-refractivity contribution in [3.63, 3.8) is 0 Å². The van der Waals surface area contributed by atoms with Crippen molar-refractivity contribution in [2.45, 2.75) is 66.7 Å². The van der Waals surface area contributed by atoms with E-state index in [2.05, 4.69) is 41.2 Å². The third-order valence-corrected chi connectivity index (χ3v) is 6.89. The average molecular weight is 234 g/mol. The van der Waals surface area contributed by atoms with Crippen LogP contribution in [-0.2, 0) is 0 Å². The molecule has 2 fully saturated rings. The topological polar surface area (TPSA) is 0 Å². The monoisotopic (exact) mass is 234 g/mol. The van der Waals surface area contributed by atoms with E-state index in [0.29, 0.717) is 10.8 Å². The molecule has 0 radical (unpaired) electrons. The molecule has 0 heteroatoms. The third-order valence-electron chi connectivity index (χ3n) is 6.89. The molecule has 2 saturated carbocycles. The molecule has 0 nitrogen and oxygen atoms in total. The molecule has 0 aromatic carbocycles. The Morgan fingerprint density at radius 1 is 1.00 bits per heavy atom. The normalized spacial score (nSPS) is 50.8. The van der Waals surface area contributed by atoms with Gasteiger partial charge in [-0.3, -0.25) is 0 Å². The van der Waals surface area contributed by atoms with Crippen LogP contribution in [0.4, 0.5) is 0 Å². The van der Waals surface area contributed by atoms with Crippen LogP contribution in [0.5, 0.6) is 0 Å². The Morgan fingerprint density at radius 2 is 1.53 bits per heavy atom. The Morgan fingerprint density at radius 3 is 2.06 bits per heavy atom. The van der Waals surface area contributed by atoms with Crippen molar-refractivity contribution < 1.29 is 0 Å². The highest BCUT2D eigenvalue weighted by Crippen LogP contribution is 2.64. The maximum absolute atomic E-state index is 4.21. The second-order valence-corrected chi connectivity index (χ2v) is 7.50. The molecule has 17 heavy (non-hydrogen) atoms. The first-order valence-corrected chi connectivity index (χ1v) is 7.46. The maximum Gasteiger partial charge on any atom is -0.0203 e. The predicted molar refractivity (Wildman–Crippen MR) is 75.9 cm³/mol. The summed E-state index contributed by atoms with van der Waals surface area (Å²) in [5.74, 6) is 2.56. The van der Waals surface area contributed by atoms with E-state index in [-0.39, 0.29) is 0 Å². The number of allylic oxidation sites excluding steroid dienone is 1. The minimum atomic E-state index is 0.534. The minimum Gasteiger partial charge on any atom is -0.0999 e. The molecule has 2 rings (SSSR count). The lowest BCUT2D eigenvalue weighted by molar-refractivity contribution is -0.115. The highest BCUT2D eigenvalue weighted by molar-refractivity contribution is 5.10. The summed E-state index contributed by atoms with van der Waals surface area (Å²) in [5.41, 5.74) is 2.52. The molecule has 0 heterocycles. The van der Waals surface area contributed by atoms with E-state index >= 15 is 0 Å². The van der Waals surface area contributed by atoms with Crippen molar-refractivity contribution in [3.8, 4) is 0 Å². The molecule has 0 aromatic rings. The van der Waals surface area contributed by atoms with E-state index in [1.807, 2.05) is 0 Å². The highest BCUT2D eigenvalue weighted by Gasteiger charge is 2.55. The molecule has 0 aromatic heterocycles. The molecular weight excluding hydrogens is 204 g/mol. The van der Waals surface area contributed by atoms with Gasteiger partial charge >= 0.3 is 0 Å². The van der Waals surface area contributed by atoms with Crippen molar-refractivity contribution in [3.05, 3.63) is 12.2 Å². The van der Waals surface area contributed by atoms with Gasteiger partial charge in [0.2, 0.25) is 0 Å². The van der Waals surface area contributed by atoms with Crippen LogP contribution in [0.3, 0.4) is 0 Å². The van der Waals surface area contributed by atoms with Gasteiger partial charge in [0.05, 0.1) is 0 Å². The van der Waals surface area contributed by atoms with Crippen LogP contribution in [0.15, 0.2) is 12.2 Å². The molecule has 2 aliphatic carbocycles. The Labute approximate surface area is 108 Å². The zero-order valence-corrected chi connectivity index (χ0v) is 12.5. The van der Waals surface area contributed by atoms with E-state index in [1.165, 1.54) is 37.7 Å². The quantitative estimate of drug-likeness (QED) is 0.530. The fraction of sp³-hybridized carbons (Fsp3) is 0.882. The largest absolute Gasteiger partial charge is 0.0999 e. The average Bonchev–Trinajstić information content (AvgIpc) is 2.27. The molecule has 0 saturated heterocycles. The van der Waals surface area contributed by atoms with Crippen LogP contribution < -0.4 is 0 Å². The molecular formula is C17H30. The summed E-state index contributed by atoms with van der Waals surface area (Å²) in [4.78, 5) is 0. The Balaban J connectivity index is 2.32. The lowest BCUT2D eigenvalue weighted by Crippen LogP contribution is -2.53. The fourth-order valence-electron chi connectivity index (χ4n) is 4.74. The molecule has 0 unspecified atom stereocenters. The van der Waals surface area contributed by atoms with E-state index < -0.39 is 0 Å². The molecule has 0 amide bonds. The van der Waals surface area contributed by atoms with Gasteiger partial charge in [-0.2, -0.15) is 0 Å². The van der Waals surface area contributed by atoms with Crippen LogP contribution in [-0.4, -0.2) is 0 Å². The zero-order chi connectivity index (χ0) is 12.8. The van der Waals surface area contributed by atoms with Crippen LogP contribution >= 0.6 is 0 Å².